The lowest BCUT2D eigenvalue weighted by Gasteiger charge is -2.06. The van der Waals surface area contributed by atoms with Gasteiger partial charge in [-0.1, -0.05) is 36.4 Å². The molecule has 19 heavy (non-hydrogen) atoms. The molecule has 0 radical (unpaired) electrons. The number of aliphatic carboxylic acids is 1. The summed E-state index contributed by atoms with van der Waals surface area (Å²) in [5, 5.41) is 13.5. The molecule has 0 spiro atoms. The number of fused-ring (bicyclic) bond motifs is 1. The van der Waals surface area contributed by atoms with Gasteiger partial charge in [-0.2, -0.15) is 0 Å². The van der Waals surface area contributed by atoms with Crippen molar-refractivity contribution in [2.75, 3.05) is 0 Å². The average Bonchev–Trinajstić information content (AvgIpc) is 2.42. The minimum atomic E-state index is -0.958. The zero-order valence-corrected chi connectivity index (χ0v) is 10.4. The van der Waals surface area contributed by atoms with Crippen molar-refractivity contribution in [1.82, 2.24) is 5.32 Å². The molecule has 0 aromatic heterocycles. The molecule has 4 nitrogen and oxygen atoms in total. The molecule has 2 rings (SSSR count). The predicted molar refractivity (Wildman–Crippen MR) is 72.7 cm³/mol. The Bertz CT molecular complexity index is 607. The Morgan fingerprint density at radius 1 is 1.00 bits per heavy atom. The van der Waals surface area contributed by atoms with Gasteiger partial charge in [-0.15, -0.1) is 0 Å². The Labute approximate surface area is 111 Å². The van der Waals surface area contributed by atoms with E-state index >= 15 is 0 Å². The highest BCUT2D eigenvalue weighted by Gasteiger charge is 2.05. The van der Waals surface area contributed by atoms with E-state index in [-0.39, 0.29) is 18.7 Å². The van der Waals surface area contributed by atoms with Crippen molar-refractivity contribution in [1.29, 1.82) is 0 Å². The van der Waals surface area contributed by atoms with Crippen LogP contribution in [0.2, 0.25) is 0 Å². The van der Waals surface area contributed by atoms with Gasteiger partial charge in [-0.25, -0.2) is 0 Å². The van der Waals surface area contributed by atoms with Crippen molar-refractivity contribution >= 4 is 22.6 Å². The number of hydrogen-bond acceptors (Lipinski definition) is 2. The summed E-state index contributed by atoms with van der Waals surface area (Å²) in [6, 6.07) is 14.0. The summed E-state index contributed by atoms with van der Waals surface area (Å²) in [6.45, 7) is 0.420. The summed E-state index contributed by atoms with van der Waals surface area (Å²) in [7, 11) is 0. The Morgan fingerprint density at radius 3 is 2.47 bits per heavy atom. The number of carbonyl (C=O) groups is 2. The van der Waals surface area contributed by atoms with E-state index in [1.165, 1.54) is 0 Å². The standard InChI is InChI=1S/C15H15NO3/c17-14(7-8-15(18)19)16-10-11-5-6-12-3-1-2-4-13(12)9-11/h1-6,9H,7-8,10H2,(H,16,17)(H,18,19). The van der Waals surface area contributed by atoms with Gasteiger partial charge in [0.2, 0.25) is 5.91 Å². The number of benzene rings is 2. The van der Waals surface area contributed by atoms with Gasteiger partial charge in [0.1, 0.15) is 0 Å². The highest BCUT2D eigenvalue weighted by Crippen LogP contribution is 2.15. The first-order valence-electron chi connectivity index (χ1n) is 6.11. The molecule has 0 atom stereocenters. The van der Waals surface area contributed by atoms with E-state index in [0.717, 1.165) is 16.3 Å². The third-order valence-corrected chi connectivity index (χ3v) is 2.87. The molecule has 98 valence electrons. The number of hydrogen-bond donors (Lipinski definition) is 2. The maximum absolute atomic E-state index is 11.4. The van der Waals surface area contributed by atoms with Gasteiger partial charge >= 0.3 is 5.97 Å². The van der Waals surface area contributed by atoms with Gasteiger partial charge in [0, 0.05) is 13.0 Å². The molecule has 0 unspecified atom stereocenters. The quantitative estimate of drug-likeness (QED) is 0.863. The molecule has 0 bridgehead atoms. The average molecular weight is 257 g/mol. The molecule has 2 aromatic carbocycles. The lowest BCUT2D eigenvalue weighted by atomic mass is 10.1. The summed E-state index contributed by atoms with van der Waals surface area (Å²) in [6.07, 6.45) is -0.119. The van der Waals surface area contributed by atoms with Crippen LogP contribution in [0, 0.1) is 0 Å². The molecule has 0 fully saturated rings. The van der Waals surface area contributed by atoms with Crippen molar-refractivity contribution in [2.24, 2.45) is 0 Å². The van der Waals surface area contributed by atoms with Crippen molar-refractivity contribution in [3.63, 3.8) is 0 Å². The molecule has 1 amide bonds. The van der Waals surface area contributed by atoms with Crippen molar-refractivity contribution < 1.29 is 14.7 Å². The lowest BCUT2D eigenvalue weighted by Crippen LogP contribution is -2.23. The Morgan fingerprint density at radius 2 is 1.74 bits per heavy atom. The summed E-state index contributed by atoms with van der Waals surface area (Å²) in [4.78, 5) is 21.8. The molecule has 0 aliphatic heterocycles. The minimum Gasteiger partial charge on any atom is -0.481 e. The largest absolute Gasteiger partial charge is 0.481 e. The maximum atomic E-state index is 11.4. The summed E-state index contributed by atoms with van der Waals surface area (Å²) >= 11 is 0. The van der Waals surface area contributed by atoms with Gasteiger partial charge in [-0.05, 0) is 22.4 Å². The fourth-order valence-electron chi connectivity index (χ4n) is 1.86. The highest BCUT2D eigenvalue weighted by atomic mass is 16.4. The molecule has 0 heterocycles. The molecular weight excluding hydrogens is 242 g/mol. The van der Waals surface area contributed by atoms with E-state index in [9.17, 15) is 9.59 Å². The SMILES string of the molecule is O=C(O)CCC(=O)NCc1ccc2ccccc2c1. The van der Waals surface area contributed by atoms with Crippen LogP contribution in [0.4, 0.5) is 0 Å². The molecule has 2 N–H and O–H groups in total. The summed E-state index contributed by atoms with van der Waals surface area (Å²) in [5.41, 5.74) is 1.00. The van der Waals surface area contributed by atoms with Gasteiger partial charge in [0.25, 0.3) is 0 Å². The maximum Gasteiger partial charge on any atom is 0.303 e. The van der Waals surface area contributed by atoms with Gasteiger partial charge in [0.15, 0.2) is 0 Å². The summed E-state index contributed by atoms with van der Waals surface area (Å²) in [5.74, 6) is -1.20. The predicted octanol–water partition coefficient (Wildman–Crippen LogP) is 2.32. The lowest BCUT2D eigenvalue weighted by molar-refractivity contribution is -0.138. The molecule has 2 aromatic rings. The van der Waals surface area contributed by atoms with Crippen molar-refractivity contribution in [3.05, 3.63) is 48.0 Å². The fourth-order valence-corrected chi connectivity index (χ4v) is 1.86. The van der Waals surface area contributed by atoms with Crippen LogP contribution in [-0.2, 0) is 16.1 Å². The first-order chi connectivity index (χ1) is 9.15. The van der Waals surface area contributed by atoms with E-state index in [1.54, 1.807) is 0 Å². The molecule has 0 aliphatic rings. The number of nitrogens with one attached hydrogen (secondary N) is 1. The zero-order chi connectivity index (χ0) is 13.7. The van der Waals surface area contributed by atoms with Gasteiger partial charge in [-0.3, -0.25) is 9.59 Å². The molecular formula is C15H15NO3. The van der Waals surface area contributed by atoms with Crippen molar-refractivity contribution in [2.45, 2.75) is 19.4 Å². The smallest absolute Gasteiger partial charge is 0.303 e. The van der Waals surface area contributed by atoms with Gasteiger partial charge in [0.05, 0.1) is 6.42 Å². The fraction of sp³-hybridized carbons (Fsp3) is 0.200. The van der Waals surface area contributed by atoms with Gasteiger partial charge < -0.3 is 10.4 Å². The summed E-state index contributed by atoms with van der Waals surface area (Å²) < 4.78 is 0. The van der Waals surface area contributed by atoms with Crippen molar-refractivity contribution in [3.8, 4) is 0 Å². The Kier molecular flexibility index (Phi) is 4.13. The van der Waals surface area contributed by atoms with E-state index < -0.39 is 5.97 Å². The van der Waals surface area contributed by atoms with E-state index in [4.69, 9.17) is 5.11 Å². The molecule has 4 heteroatoms. The third kappa shape index (κ3) is 3.81. The van der Waals surface area contributed by atoms with E-state index in [2.05, 4.69) is 5.32 Å². The third-order valence-electron chi connectivity index (χ3n) is 2.87. The second-order valence-corrected chi connectivity index (χ2v) is 4.35. The van der Waals surface area contributed by atoms with E-state index in [0.29, 0.717) is 6.54 Å². The molecule has 0 saturated carbocycles. The normalized spacial score (nSPS) is 10.3. The first-order valence-corrected chi connectivity index (χ1v) is 6.11. The van der Waals surface area contributed by atoms with Crippen LogP contribution in [0.1, 0.15) is 18.4 Å². The second kappa shape index (κ2) is 6.00. The van der Waals surface area contributed by atoms with Crippen LogP contribution >= 0.6 is 0 Å². The van der Waals surface area contributed by atoms with Crippen LogP contribution < -0.4 is 5.32 Å². The van der Waals surface area contributed by atoms with Crippen LogP contribution in [0.5, 0.6) is 0 Å². The first kappa shape index (κ1) is 13.1. The number of carbonyl (C=O) groups excluding carboxylic acids is 1. The minimum absolute atomic E-state index is 0.0168. The topological polar surface area (TPSA) is 66.4 Å². The van der Waals surface area contributed by atoms with Crippen LogP contribution in [0.3, 0.4) is 0 Å². The zero-order valence-electron chi connectivity index (χ0n) is 10.4. The Balaban J connectivity index is 1.94. The monoisotopic (exact) mass is 257 g/mol. The second-order valence-electron chi connectivity index (χ2n) is 4.35. The van der Waals surface area contributed by atoms with Crippen LogP contribution in [0.15, 0.2) is 42.5 Å². The Hall–Kier alpha value is -2.36. The highest BCUT2D eigenvalue weighted by molar-refractivity contribution is 5.83. The molecule has 0 saturated heterocycles. The number of carboxylic acids is 1. The number of rotatable bonds is 5. The number of carboxylic acid groups (broad SMARTS) is 1. The number of amides is 1. The van der Waals surface area contributed by atoms with Crippen LogP contribution in [-0.4, -0.2) is 17.0 Å². The molecule has 0 aliphatic carbocycles. The van der Waals surface area contributed by atoms with Crippen LogP contribution in [0.25, 0.3) is 10.8 Å². The van der Waals surface area contributed by atoms with E-state index in [1.807, 2.05) is 42.5 Å².